The van der Waals surface area contributed by atoms with Crippen LogP contribution >= 0.6 is 45.8 Å². The maximum absolute atomic E-state index is 13.4. The lowest BCUT2D eigenvalue weighted by molar-refractivity contribution is -0.113. The Balaban J connectivity index is 1.84. The number of benzene rings is 3. The predicted octanol–water partition coefficient (Wildman–Crippen LogP) is 7.38. The van der Waals surface area contributed by atoms with E-state index in [1.165, 1.54) is 0 Å². The summed E-state index contributed by atoms with van der Waals surface area (Å²) in [7, 11) is 0. The lowest BCUT2D eigenvalue weighted by atomic mass is 10.1. The van der Waals surface area contributed by atoms with Crippen LogP contribution in [0, 0.1) is 10.5 Å². The lowest BCUT2D eigenvalue weighted by Gasteiger charge is -2.21. The van der Waals surface area contributed by atoms with Gasteiger partial charge in [0.2, 0.25) is 0 Å². The van der Waals surface area contributed by atoms with Gasteiger partial charge in [0.05, 0.1) is 5.70 Å². The third-order valence-corrected chi connectivity index (χ3v) is 6.50. The van der Waals surface area contributed by atoms with Gasteiger partial charge in [-0.25, -0.2) is 0 Å². The van der Waals surface area contributed by atoms with Crippen molar-refractivity contribution in [2.24, 2.45) is 0 Å². The summed E-state index contributed by atoms with van der Waals surface area (Å²) in [4.78, 5) is 15.2. The number of rotatable bonds is 3. The van der Waals surface area contributed by atoms with Gasteiger partial charge in [0, 0.05) is 24.9 Å². The first-order chi connectivity index (χ1) is 13.9. The largest absolute Gasteiger partial charge is 0.276 e. The molecule has 0 unspecified atom stereocenters. The number of halogens is 3. The summed E-state index contributed by atoms with van der Waals surface area (Å²) in [6, 6.07) is 21.2. The topological polar surface area (TPSA) is 20.3 Å². The van der Waals surface area contributed by atoms with Crippen molar-refractivity contribution in [3.63, 3.8) is 0 Å². The minimum absolute atomic E-state index is 0.0875. The van der Waals surface area contributed by atoms with Crippen LogP contribution in [-0.2, 0) is 4.79 Å². The van der Waals surface area contributed by atoms with Crippen LogP contribution in [0.3, 0.4) is 0 Å². The monoisotopic (exact) mass is 531 g/mol. The molecule has 29 heavy (non-hydrogen) atoms. The molecule has 0 saturated heterocycles. The van der Waals surface area contributed by atoms with Crippen molar-refractivity contribution in [3.8, 4) is 0 Å². The lowest BCUT2D eigenvalue weighted by Crippen LogP contribution is -2.25. The number of amides is 1. The van der Waals surface area contributed by atoms with Crippen LogP contribution in [0.5, 0.6) is 0 Å². The van der Waals surface area contributed by atoms with E-state index in [4.69, 9.17) is 23.2 Å². The Hall–Kier alpha value is -2.08. The minimum Gasteiger partial charge on any atom is -0.276 e. The molecule has 4 rings (SSSR count). The van der Waals surface area contributed by atoms with E-state index in [0.29, 0.717) is 15.6 Å². The Bertz CT molecular complexity index is 1170. The maximum atomic E-state index is 13.4. The molecule has 1 heterocycles. The third kappa shape index (κ3) is 4.13. The predicted molar refractivity (Wildman–Crippen MR) is 130 cm³/mol. The average molecular weight is 532 g/mol. The molecule has 0 N–H and O–H groups in total. The summed E-state index contributed by atoms with van der Waals surface area (Å²) in [6.07, 6.45) is 3.72. The molecule has 3 aromatic rings. The van der Waals surface area contributed by atoms with Gasteiger partial charge in [-0.3, -0.25) is 9.69 Å². The highest BCUT2D eigenvalue weighted by atomic mass is 127. The average Bonchev–Trinajstić information content (AvgIpc) is 3.03. The normalized spacial score (nSPS) is 15.2. The fraction of sp³-hybridized carbons (Fsp3) is 0.0417. The Kier molecular flexibility index (Phi) is 5.81. The molecule has 0 saturated carbocycles. The molecule has 0 radical (unpaired) electrons. The van der Waals surface area contributed by atoms with E-state index in [9.17, 15) is 4.79 Å². The summed E-state index contributed by atoms with van der Waals surface area (Å²) in [5.41, 5.74) is 5.11. The third-order valence-electron chi connectivity index (χ3n) is 4.73. The highest BCUT2D eigenvalue weighted by Gasteiger charge is 2.30. The molecule has 1 amide bonds. The van der Waals surface area contributed by atoms with E-state index in [0.717, 1.165) is 31.6 Å². The number of nitrogens with zero attached hydrogens (tertiary/aromatic N) is 1. The van der Waals surface area contributed by atoms with Crippen molar-refractivity contribution in [2.75, 3.05) is 4.90 Å². The van der Waals surface area contributed by atoms with Crippen molar-refractivity contribution >= 4 is 69.2 Å². The van der Waals surface area contributed by atoms with Gasteiger partial charge in [0.1, 0.15) is 0 Å². The van der Waals surface area contributed by atoms with Crippen molar-refractivity contribution in [1.29, 1.82) is 0 Å². The molecule has 0 spiro atoms. The zero-order valence-electron chi connectivity index (χ0n) is 15.5. The number of hydrogen-bond acceptors (Lipinski definition) is 1. The van der Waals surface area contributed by atoms with E-state index >= 15 is 0 Å². The van der Waals surface area contributed by atoms with Gasteiger partial charge in [-0.15, -0.1) is 0 Å². The van der Waals surface area contributed by atoms with E-state index in [2.05, 4.69) is 22.6 Å². The number of hydrogen-bond donors (Lipinski definition) is 0. The summed E-state index contributed by atoms with van der Waals surface area (Å²) in [5, 5.41) is 1.07. The summed E-state index contributed by atoms with van der Waals surface area (Å²) in [6.45, 7) is 2.04. The molecular formula is C24H16Cl2INO. The van der Waals surface area contributed by atoms with Gasteiger partial charge in [-0.1, -0.05) is 59.6 Å². The van der Waals surface area contributed by atoms with Crippen molar-refractivity contribution in [1.82, 2.24) is 0 Å². The molecule has 144 valence electrons. The minimum atomic E-state index is -0.0875. The van der Waals surface area contributed by atoms with Gasteiger partial charge in [0.25, 0.3) is 5.91 Å². The standard InChI is InChI=1S/C24H16Cl2INO/c1-15-11-20(9-10-22(15)27)28-23(16-5-3-2-4-6-16)13-18(24(28)29)12-17-7-8-19(25)14-21(17)26/h2-14H,1H3/b18-12+. The molecule has 0 aliphatic carbocycles. The smallest absolute Gasteiger partial charge is 0.262 e. The van der Waals surface area contributed by atoms with Crippen LogP contribution in [0.2, 0.25) is 10.0 Å². The number of anilines is 1. The van der Waals surface area contributed by atoms with E-state index in [1.54, 1.807) is 17.0 Å². The molecule has 5 heteroatoms. The molecule has 0 bridgehead atoms. The second-order valence-corrected chi connectivity index (χ2v) is 8.74. The first-order valence-electron chi connectivity index (χ1n) is 8.98. The van der Waals surface area contributed by atoms with Crippen LogP contribution in [-0.4, -0.2) is 5.91 Å². The summed E-state index contributed by atoms with van der Waals surface area (Å²) in [5.74, 6) is -0.0875. The van der Waals surface area contributed by atoms with E-state index in [1.807, 2.05) is 73.7 Å². The molecule has 0 aromatic heterocycles. The zero-order chi connectivity index (χ0) is 20.5. The van der Waals surface area contributed by atoms with Crippen LogP contribution in [0.1, 0.15) is 16.7 Å². The summed E-state index contributed by atoms with van der Waals surface area (Å²) >= 11 is 14.6. The van der Waals surface area contributed by atoms with Gasteiger partial charge < -0.3 is 0 Å². The fourth-order valence-electron chi connectivity index (χ4n) is 3.25. The van der Waals surface area contributed by atoms with Crippen molar-refractivity contribution in [3.05, 3.63) is 109 Å². The quantitative estimate of drug-likeness (QED) is 0.255. The first kappa shape index (κ1) is 20.2. The van der Waals surface area contributed by atoms with Crippen LogP contribution in [0.15, 0.2) is 78.4 Å². The number of aryl methyl sites for hydroxylation is 1. The Labute approximate surface area is 193 Å². The van der Waals surface area contributed by atoms with Gasteiger partial charge in [-0.05, 0) is 88.7 Å². The zero-order valence-corrected chi connectivity index (χ0v) is 19.2. The number of carbonyl (C=O) groups is 1. The first-order valence-corrected chi connectivity index (χ1v) is 10.8. The highest BCUT2D eigenvalue weighted by molar-refractivity contribution is 14.1. The van der Waals surface area contributed by atoms with E-state index in [-0.39, 0.29) is 5.91 Å². The molecular weight excluding hydrogens is 516 g/mol. The highest BCUT2D eigenvalue weighted by Crippen LogP contribution is 2.36. The molecule has 3 aromatic carbocycles. The van der Waals surface area contributed by atoms with Crippen molar-refractivity contribution in [2.45, 2.75) is 6.92 Å². The van der Waals surface area contributed by atoms with E-state index < -0.39 is 0 Å². The molecule has 0 fully saturated rings. The molecule has 1 aliphatic heterocycles. The number of carbonyl (C=O) groups excluding carboxylic acids is 1. The fourth-order valence-corrected chi connectivity index (χ4v) is 4.05. The Morgan fingerprint density at radius 2 is 1.72 bits per heavy atom. The molecule has 1 aliphatic rings. The maximum Gasteiger partial charge on any atom is 0.262 e. The van der Waals surface area contributed by atoms with Gasteiger partial charge >= 0.3 is 0 Å². The second-order valence-electron chi connectivity index (χ2n) is 6.74. The van der Waals surface area contributed by atoms with Gasteiger partial charge in [0.15, 0.2) is 0 Å². The Morgan fingerprint density at radius 1 is 0.966 bits per heavy atom. The van der Waals surface area contributed by atoms with Gasteiger partial charge in [-0.2, -0.15) is 0 Å². The molecule has 2 nitrogen and oxygen atoms in total. The SMILES string of the molecule is Cc1cc(N2C(=O)/C(=C/c3ccc(Cl)cc3Cl)C=C2c2ccccc2)ccc1I. The van der Waals surface area contributed by atoms with Crippen LogP contribution in [0.25, 0.3) is 11.8 Å². The van der Waals surface area contributed by atoms with Crippen LogP contribution in [0.4, 0.5) is 5.69 Å². The second kappa shape index (κ2) is 8.34. The molecule has 0 atom stereocenters. The summed E-state index contributed by atoms with van der Waals surface area (Å²) < 4.78 is 1.16. The Morgan fingerprint density at radius 3 is 2.41 bits per heavy atom. The van der Waals surface area contributed by atoms with Crippen molar-refractivity contribution < 1.29 is 4.79 Å². The van der Waals surface area contributed by atoms with Crippen LogP contribution < -0.4 is 4.90 Å².